The molecule has 8 nitrogen and oxygen atoms in total. The van der Waals surface area contributed by atoms with E-state index in [0.717, 1.165) is 18.0 Å². The van der Waals surface area contributed by atoms with E-state index in [1.807, 2.05) is 35.8 Å². The van der Waals surface area contributed by atoms with Crippen LogP contribution in [0.3, 0.4) is 0 Å². The molecule has 1 aliphatic rings. The van der Waals surface area contributed by atoms with Crippen molar-refractivity contribution in [2.45, 2.75) is 24.7 Å². The highest BCUT2D eigenvalue weighted by molar-refractivity contribution is 8.14. The summed E-state index contributed by atoms with van der Waals surface area (Å²) in [6.45, 7) is 6.97. The van der Waals surface area contributed by atoms with Gasteiger partial charge in [0.25, 0.3) is 0 Å². The Morgan fingerprint density at radius 3 is 3.00 bits per heavy atom. The number of amidine groups is 1. The zero-order chi connectivity index (χ0) is 20.6. The Bertz CT molecular complexity index is 900. The third kappa shape index (κ3) is 5.77. The lowest BCUT2D eigenvalue weighted by atomic mass is 10.3. The van der Waals surface area contributed by atoms with Gasteiger partial charge in [0.2, 0.25) is 5.91 Å². The molecular formula is C19H23N5O3S2. The van der Waals surface area contributed by atoms with Gasteiger partial charge in [-0.25, -0.2) is 0 Å². The smallest absolute Gasteiger partial charge is 0.236 e. The van der Waals surface area contributed by atoms with E-state index in [9.17, 15) is 4.79 Å². The number of carbonyl (C=O) groups excluding carboxylic acids is 1. The van der Waals surface area contributed by atoms with E-state index in [0.29, 0.717) is 28.4 Å². The number of nitrogens with one attached hydrogen (secondary N) is 1. The molecule has 1 N–H and O–H groups in total. The first-order valence-corrected chi connectivity index (χ1v) is 11.0. The number of thioether (sulfide) groups is 2. The van der Waals surface area contributed by atoms with Gasteiger partial charge in [-0.3, -0.25) is 14.4 Å². The average Bonchev–Trinajstić information content (AvgIpc) is 3.37. The summed E-state index contributed by atoms with van der Waals surface area (Å²) in [4.78, 5) is 16.4. The third-order valence-electron chi connectivity index (χ3n) is 3.94. The molecule has 10 heteroatoms. The van der Waals surface area contributed by atoms with Crippen LogP contribution in [0.2, 0.25) is 0 Å². The van der Waals surface area contributed by atoms with Gasteiger partial charge in [-0.1, -0.05) is 35.7 Å². The molecule has 1 unspecified atom stereocenters. The van der Waals surface area contributed by atoms with Gasteiger partial charge in [0, 0.05) is 18.4 Å². The van der Waals surface area contributed by atoms with Crippen LogP contribution in [-0.4, -0.2) is 51.0 Å². The number of nitrogens with zero attached hydrogens (tertiary/aromatic N) is 4. The van der Waals surface area contributed by atoms with Crippen molar-refractivity contribution in [2.75, 3.05) is 25.2 Å². The monoisotopic (exact) mass is 433 g/mol. The van der Waals surface area contributed by atoms with Crippen LogP contribution in [0.25, 0.3) is 0 Å². The van der Waals surface area contributed by atoms with Crippen molar-refractivity contribution in [1.82, 2.24) is 20.1 Å². The number of aromatic nitrogens is 3. The highest BCUT2D eigenvalue weighted by atomic mass is 32.2. The highest BCUT2D eigenvalue weighted by Crippen LogP contribution is 2.26. The Labute approximate surface area is 178 Å². The van der Waals surface area contributed by atoms with Crippen LogP contribution in [-0.2, 0) is 11.3 Å². The van der Waals surface area contributed by atoms with Crippen LogP contribution in [0.1, 0.15) is 18.9 Å². The second kappa shape index (κ2) is 10.4. The molecule has 1 amide bonds. The summed E-state index contributed by atoms with van der Waals surface area (Å²) in [7, 11) is 1.61. The Morgan fingerprint density at radius 1 is 1.45 bits per heavy atom. The SMILES string of the molecule is C=CCn1c(SCC(=O)NC2=NCCS2)nnc1C(C)Oc1cccc(OC)c1. The number of benzene rings is 1. The lowest BCUT2D eigenvalue weighted by Crippen LogP contribution is -2.29. The Hall–Kier alpha value is -2.46. The summed E-state index contributed by atoms with van der Waals surface area (Å²) in [6, 6.07) is 7.39. The van der Waals surface area contributed by atoms with Crippen LogP contribution in [0.4, 0.5) is 0 Å². The van der Waals surface area contributed by atoms with Crippen LogP contribution >= 0.6 is 23.5 Å². The molecular weight excluding hydrogens is 410 g/mol. The fourth-order valence-electron chi connectivity index (χ4n) is 2.64. The molecule has 1 atom stereocenters. The predicted molar refractivity (Wildman–Crippen MR) is 116 cm³/mol. The van der Waals surface area contributed by atoms with Crippen LogP contribution < -0.4 is 14.8 Å². The van der Waals surface area contributed by atoms with E-state index in [-0.39, 0.29) is 17.8 Å². The number of allylic oxidation sites excluding steroid dienone is 1. The summed E-state index contributed by atoms with van der Waals surface area (Å²) >= 11 is 2.87. The van der Waals surface area contributed by atoms with E-state index >= 15 is 0 Å². The van der Waals surface area contributed by atoms with Crippen molar-refractivity contribution in [1.29, 1.82) is 0 Å². The maximum absolute atomic E-state index is 12.1. The largest absolute Gasteiger partial charge is 0.497 e. The number of amides is 1. The number of ether oxygens (including phenoxy) is 2. The Balaban J connectivity index is 1.66. The van der Waals surface area contributed by atoms with Gasteiger partial charge in [-0.15, -0.1) is 16.8 Å². The van der Waals surface area contributed by atoms with Crippen molar-refractivity contribution in [3.63, 3.8) is 0 Å². The maximum atomic E-state index is 12.1. The molecule has 0 saturated heterocycles. The molecule has 0 radical (unpaired) electrons. The molecule has 3 rings (SSSR count). The van der Waals surface area contributed by atoms with Crippen molar-refractivity contribution < 1.29 is 14.3 Å². The van der Waals surface area contributed by atoms with Gasteiger partial charge in [-0.05, 0) is 19.1 Å². The summed E-state index contributed by atoms with van der Waals surface area (Å²) < 4.78 is 13.1. The van der Waals surface area contributed by atoms with Gasteiger partial charge in [0.1, 0.15) is 11.5 Å². The van der Waals surface area contributed by atoms with Gasteiger partial charge in [0.15, 0.2) is 22.3 Å². The highest BCUT2D eigenvalue weighted by Gasteiger charge is 2.20. The second-order valence-corrected chi connectivity index (χ2v) is 8.08. The fourth-order valence-corrected chi connectivity index (χ4v) is 4.14. The third-order valence-corrected chi connectivity index (χ3v) is 5.80. The number of hydrogen-bond donors (Lipinski definition) is 1. The van der Waals surface area contributed by atoms with Crippen LogP contribution in [0, 0.1) is 0 Å². The van der Waals surface area contributed by atoms with E-state index in [1.165, 1.54) is 11.8 Å². The van der Waals surface area contributed by atoms with Crippen LogP contribution in [0.5, 0.6) is 11.5 Å². The normalized spacial score (nSPS) is 14.2. The zero-order valence-electron chi connectivity index (χ0n) is 16.3. The number of methoxy groups -OCH3 is 1. The zero-order valence-corrected chi connectivity index (χ0v) is 18.0. The molecule has 0 saturated carbocycles. The van der Waals surface area contributed by atoms with Crippen molar-refractivity contribution in [3.8, 4) is 11.5 Å². The minimum atomic E-state index is -0.345. The first-order valence-electron chi connectivity index (χ1n) is 9.05. The molecule has 154 valence electrons. The van der Waals surface area contributed by atoms with Gasteiger partial charge >= 0.3 is 0 Å². The van der Waals surface area contributed by atoms with Crippen molar-refractivity contribution >= 4 is 34.6 Å². The summed E-state index contributed by atoms with van der Waals surface area (Å²) in [5, 5.41) is 12.7. The molecule has 2 aromatic rings. The maximum Gasteiger partial charge on any atom is 0.236 e. The van der Waals surface area contributed by atoms with E-state index in [4.69, 9.17) is 9.47 Å². The van der Waals surface area contributed by atoms with Gasteiger partial charge < -0.3 is 14.8 Å². The predicted octanol–water partition coefficient (Wildman–Crippen LogP) is 2.92. The quantitative estimate of drug-likeness (QED) is 0.480. The van der Waals surface area contributed by atoms with E-state index < -0.39 is 0 Å². The number of aliphatic imine (C=N–C) groups is 1. The fraction of sp³-hybridized carbons (Fsp3) is 0.368. The molecule has 2 heterocycles. The topological polar surface area (TPSA) is 90.6 Å². The van der Waals surface area contributed by atoms with Crippen LogP contribution in [0.15, 0.2) is 47.1 Å². The average molecular weight is 434 g/mol. The number of hydrogen-bond acceptors (Lipinski definition) is 8. The van der Waals surface area contributed by atoms with Crippen molar-refractivity contribution in [3.05, 3.63) is 42.7 Å². The molecule has 0 bridgehead atoms. The minimum absolute atomic E-state index is 0.112. The van der Waals surface area contributed by atoms with E-state index in [1.54, 1.807) is 24.9 Å². The van der Waals surface area contributed by atoms with Crippen molar-refractivity contribution in [2.24, 2.45) is 4.99 Å². The first-order chi connectivity index (χ1) is 14.1. The Morgan fingerprint density at radius 2 is 2.28 bits per heavy atom. The number of carbonyl (C=O) groups is 1. The molecule has 0 spiro atoms. The first kappa shape index (κ1) is 21.3. The number of rotatable bonds is 9. The van der Waals surface area contributed by atoms with E-state index in [2.05, 4.69) is 27.1 Å². The molecule has 0 fully saturated rings. The Kier molecular flexibility index (Phi) is 7.59. The molecule has 1 aromatic heterocycles. The molecule has 1 aliphatic heterocycles. The second-order valence-electron chi connectivity index (χ2n) is 6.05. The summed E-state index contributed by atoms with van der Waals surface area (Å²) in [6.07, 6.45) is 1.42. The summed E-state index contributed by atoms with van der Waals surface area (Å²) in [5.41, 5.74) is 0. The molecule has 0 aliphatic carbocycles. The van der Waals surface area contributed by atoms with Gasteiger partial charge in [0.05, 0.1) is 19.4 Å². The van der Waals surface area contributed by atoms with Gasteiger partial charge in [-0.2, -0.15) is 0 Å². The molecule has 1 aromatic carbocycles. The lowest BCUT2D eigenvalue weighted by Gasteiger charge is -2.16. The summed E-state index contributed by atoms with van der Waals surface area (Å²) in [5.74, 6) is 3.07. The minimum Gasteiger partial charge on any atom is -0.497 e. The molecule has 29 heavy (non-hydrogen) atoms. The lowest BCUT2D eigenvalue weighted by molar-refractivity contribution is -0.117. The standard InChI is InChI=1S/C19H23N5O3S2/c1-4-9-24-17(13(2)27-15-7-5-6-14(11-15)26-3)22-23-19(24)29-12-16(25)21-18-20-8-10-28-18/h4-7,11,13H,1,8-10,12H2,2-3H3,(H,20,21,25).